The van der Waals surface area contributed by atoms with E-state index in [0.717, 1.165) is 22.0 Å². The van der Waals surface area contributed by atoms with Crippen molar-refractivity contribution in [3.8, 4) is 11.3 Å². The molecule has 0 aliphatic rings. The Balaban J connectivity index is 1.48. The minimum absolute atomic E-state index is 0.118. The van der Waals surface area contributed by atoms with E-state index in [1.807, 2.05) is 37.3 Å². The third-order valence-electron chi connectivity index (χ3n) is 4.04. The molecule has 1 atom stereocenters. The predicted octanol–water partition coefficient (Wildman–Crippen LogP) is 3.50. The van der Waals surface area contributed by atoms with Crippen LogP contribution < -0.4 is 10.6 Å². The second-order valence-electron chi connectivity index (χ2n) is 5.83. The fraction of sp³-hybridized carbons (Fsp3) is 0.111. The number of urea groups is 1. The third-order valence-corrected chi connectivity index (χ3v) is 4.04. The first-order valence-electron chi connectivity index (χ1n) is 8.07. The topological polar surface area (TPSA) is 109 Å². The van der Waals surface area contributed by atoms with E-state index in [1.54, 1.807) is 18.5 Å². The van der Waals surface area contributed by atoms with Crippen LogP contribution in [0.15, 0.2) is 59.6 Å². The molecule has 130 valence electrons. The number of hydrogen-bond acceptors (Lipinski definition) is 5. The molecule has 0 unspecified atom stereocenters. The van der Waals surface area contributed by atoms with Gasteiger partial charge in [-0.05, 0) is 12.5 Å². The molecule has 0 aliphatic heterocycles. The third kappa shape index (κ3) is 3.12. The number of carbonyl (C=O) groups is 1. The summed E-state index contributed by atoms with van der Waals surface area (Å²) in [6.07, 6.45) is 4.75. The fourth-order valence-electron chi connectivity index (χ4n) is 2.70. The molecule has 0 bridgehead atoms. The van der Waals surface area contributed by atoms with Crippen molar-refractivity contribution in [2.75, 3.05) is 5.32 Å². The molecule has 3 N–H and O–H groups in total. The molecule has 0 aliphatic carbocycles. The number of rotatable bonds is 4. The monoisotopic (exact) mass is 348 g/mol. The molecule has 4 rings (SSSR count). The van der Waals surface area contributed by atoms with E-state index in [1.165, 1.54) is 6.26 Å². The molecule has 26 heavy (non-hydrogen) atoms. The van der Waals surface area contributed by atoms with Crippen molar-refractivity contribution in [3.63, 3.8) is 0 Å². The zero-order valence-corrected chi connectivity index (χ0v) is 13.9. The molecule has 0 spiro atoms. The molecule has 8 nitrogen and oxygen atoms in total. The van der Waals surface area contributed by atoms with Crippen LogP contribution in [-0.4, -0.2) is 26.4 Å². The first-order chi connectivity index (χ1) is 12.7. The van der Waals surface area contributed by atoms with Crippen molar-refractivity contribution in [1.82, 2.24) is 25.7 Å². The first-order valence-corrected chi connectivity index (χ1v) is 8.07. The van der Waals surface area contributed by atoms with Crippen molar-refractivity contribution in [3.05, 3.63) is 60.6 Å². The van der Waals surface area contributed by atoms with Crippen LogP contribution in [0.1, 0.15) is 18.5 Å². The Morgan fingerprint density at radius 3 is 2.85 bits per heavy atom. The summed E-state index contributed by atoms with van der Waals surface area (Å²) < 4.78 is 4.85. The second-order valence-corrected chi connectivity index (χ2v) is 5.83. The molecule has 0 fully saturated rings. The average molecular weight is 348 g/mol. The number of carbonyl (C=O) groups excluding carboxylic acids is 1. The number of amides is 2. The van der Waals surface area contributed by atoms with Gasteiger partial charge < -0.3 is 9.84 Å². The Morgan fingerprint density at radius 2 is 2.08 bits per heavy atom. The van der Waals surface area contributed by atoms with E-state index < -0.39 is 0 Å². The first kappa shape index (κ1) is 15.8. The maximum atomic E-state index is 12.2. The van der Waals surface area contributed by atoms with Gasteiger partial charge in [0, 0.05) is 17.6 Å². The van der Waals surface area contributed by atoms with E-state index in [2.05, 4.69) is 31.0 Å². The molecule has 4 aromatic rings. The SMILES string of the molecule is C[C@@H](NC(=O)Nc1cc2[nH]nc(-c3cnoc3)c2cn1)c1ccccc1. The minimum Gasteiger partial charge on any atom is -0.364 e. The summed E-state index contributed by atoms with van der Waals surface area (Å²) in [7, 11) is 0. The van der Waals surface area contributed by atoms with Crippen LogP contribution in [0.2, 0.25) is 0 Å². The highest BCUT2D eigenvalue weighted by atomic mass is 16.5. The van der Waals surface area contributed by atoms with E-state index in [-0.39, 0.29) is 12.1 Å². The number of fused-ring (bicyclic) bond motifs is 1. The molecule has 0 saturated heterocycles. The van der Waals surface area contributed by atoms with Crippen LogP contribution in [0, 0.1) is 0 Å². The summed E-state index contributed by atoms with van der Waals surface area (Å²) in [6.45, 7) is 1.92. The number of anilines is 1. The van der Waals surface area contributed by atoms with Crippen LogP contribution in [0.3, 0.4) is 0 Å². The van der Waals surface area contributed by atoms with Crippen molar-refractivity contribution < 1.29 is 9.32 Å². The van der Waals surface area contributed by atoms with Crippen molar-refractivity contribution in [1.29, 1.82) is 0 Å². The van der Waals surface area contributed by atoms with Gasteiger partial charge in [-0.1, -0.05) is 35.5 Å². The van der Waals surface area contributed by atoms with Gasteiger partial charge in [0.1, 0.15) is 17.8 Å². The quantitative estimate of drug-likeness (QED) is 0.523. The number of pyridine rings is 1. The van der Waals surface area contributed by atoms with Crippen molar-refractivity contribution >= 4 is 22.8 Å². The molecular formula is C18H16N6O2. The summed E-state index contributed by atoms with van der Waals surface area (Å²) in [6, 6.07) is 11.0. The van der Waals surface area contributed by atoms with E-state index in [0.29, 0.717) is 11.5 Å². The number of H-pyrrole nitrogens is 1. The zero-order valence-electron chi connectivity index (χ0n) is 13.9. The Labute approximate surface area is 148 Å². The zero-order chi connectivity index (χ0) is 17.9. The predicted molar refractivity (Wildman–Crippen MR) is 96.4 cm³/mol. The summed E-state index contributed by atoms with van der Waals surface area (Å²) in [4.78, 5) is 16.5. The van der Waals surface area contributed by atoms with Gasteiger partial charge in [-0.2, -0.15) is 5.10 Å². The molecule has 0 saturated carbocycles. The molecule has 1 aromatic carbocycles. The number of nitrogens with zero attached hydrogens (tertiary/aromatic N) is 3. The lowest BCUT2D eigenvalue weighted by molar-refractivity contribution is 0.249. The Hall–Kier alpha value is -3.68. The van der Waals surface area contributed by atoms with Crippen LogP contribution in [-0.2, 0) is 0 Å². The Kier molecular flexibility index (Phi) is 4.06. The number of nitrogens with one attached hydrogen (secondary N) is 3. The lowest BCUT2D eigenvalue weighted by Crippen LogP contribution is -2.31. The summed E-state index contributed by atoms with van der Waals surface area (Å²) in [5, 5.41) is 17.3. The summed E-state index contributed by atoms with van der Waals surface area (Å²) >= 11 is 0. The van der Waals surface area contributed by atoms with Crippen LogP contribution in [0.4, 0.5) is 10.6 Å². The van der Waals surface area contributed by atoms with Crippen LogP contribution >= 0.6 is 0 Å². The Morgan fingerprint density at radius 1 is 1.23 bits per heavy atom. The lowest BCUT2D eigenvalue weighted by atomic mass is 10.1. The van der Waals surface area contributed by atoms with Crippen molar-refractivity contribution in [2.24, 2.45) is 0 Å². The highest BCUT2D eigenvalue weighted by molar-refractivity contribution is 5.95. The van der Waals surface area contributed by atoms with Gasteiger partial charge in [-0.3, -0.25) is 10.4 Å². The van der Waals surface area contributed by atoms with Gasteiger partial charge in [0.15, 0.2) is 0 Å². The summed E-state index contributed by atoms with van der Waals surface area (Å²) in [5.41, 5.74) is 3.23. The summed E-state index contributed by atoms with van der Waals surface area (Å²) in [5.74, 6) is 0.427. The number of aromatic nitrogens is 4. The largest absolute Gasteiger partial charge is 0.364 e. The van der Waals surface area contributed by atoms with E-state index >= 15 is 0 Å². The molecule has 0 radical (unpaired) electrons. The second kappa shape index (κ2) is 6.67. The van der Waals surface area contributed by atoms with E-state index in [4.69, 9.17) is 4.52 Å². The van der Waals surface area contributed by atoms with Gasteiger partial charge in [-0.25, -0.2) is 9.78 Å². The van der Waals surface area contributed by atoms with Gasteiger partial charge in [-0.15, -0.1) is 0 Å². The van der Waals surface area contributed by atoms with Gasteiger partial charge in [0.05, 0.1) is 23.3 Å². The standard InChI is InChI=1S/C18H16N6O2/c1-11(12-5-3-2-4-6-12)21-18(25)22-16-7-15-14(9-19-16)17(24-23-15)13-8-20-26-10-13/h2-11H,1H3,(H,23,24)(H2,19,21,22,25)/t11-/m1/s1. The highest BCUT2D eigenvalue weighted by Crippen LogP contribution is 2.26. The van der Waals surface area contributed by atoms with Gasteiger partial charge in [0.25, 0.3) is 0 Å². The van der Waals surface area contributed by atoms with Crippen LogP contribution in [0.5, 0.6) is 0 Å². The number of hydrogen-bond donors (Lipinski definition) is 3. The van der Waals surface area contributed by atoms with Crippen molar-refractivity contribution in [2.45, 2.75) is 13.0 Å². The molecule has 2 amide bonds. The Bertz CT molecular complexity index is 1030. The molecule has 3 heterocycles. The lowest BCUT2D eigenvalue weighted by Gasteiger charge is -2.14. The van der Waals surface area contributed by atoms with Gasteiger partial charge in [0.2, 0.25) is 0 Å². The van der Waals surface area contributed by atoms with Crippen LogP contribution in [0.25, 0.3) is 22.2 Å². The number of aromatic amines is 1. The maximum absolute atomic E-state index is 12.2. The molecule has 3 aromatic heterocycles. The molecular weight excluding hydrogens is 332 g/mol. The fourth-order valence-corrected chi connectivity index (χ4v) is 2.70. The molecule has 8 heteroatoms. The minimum atomic E-state index is -0.327. The van der Waals surface area contributed by atoms with E-state index in [9.17, 15) is 4.79 Å². The van der Waals surface area contributed by atoms with Gasteiger partial charge >= 0.3 is 6.03 Å². The smallest absolute Gasteiger partial charge is 0.320 e. The highest BCUT2D eigenvalue weighted by Gasteiger charge is 2.13. The average Bonchev–Trinajstić information content (AvgIpc) is 3.31. The normalized spacial score (nSPS) is 12.0. The maximum Gasteiger partial charge on any atom is 0.320 e. The number of benzene rings is 1.